The number of thioether (sulfide) groups is 1. The number of hydrogen-bond donors (Lipinski definition) is 1. The molecule has 0 aliphatic carbocycles. The van der Waals surface area contributed by atoms with E-state index in [2.05, 4.69) is 11.9 Å². The molecule has 0 saturated carbocycles. The van der Waals surface area contributed by atoms with E-state index >= 15 is 0 Å². The van der Waals surface area contributed by atoms with E-state index in [0.717, 1.165) is 11.0 Å². The molecule has 0 spiro atoms. The summed E-state index contributed by atoms with van der Waals surface area (Å²) < 4.78 is 0. The quantitative estimate of drug-likeness (QED) is 0.609. The van der Waals surface area contributed by atoms with Crippen LogP contribution < -0.4 is 0 Å². The Kier molecular flexibility index (Phi) is 2.82. The van der Waals surface area contributed by atoms with E-state index in [-0.39, 0.29) is 0 Å². The van der Waals surface area contributed by atoms with Crippen molar-refractivity contribution < 1.29 is 5.11 Å². The lowest BCUT2D eigenvalue weighted by Crippen LogP contribution is -2.46. The fourth-order valence-electron chi connectivity index (χ4n) is 0.967. The minimum Gasteiger partial charge on any atom is -0.396 e. The Labute approximate surface area is 60.2 Å². The van der Waals surface area contributed by atoms with E-state index in [1.54, 1.807) is 0 Å². The first-order valence-corrected chi connectivity index (χ1v) is 4.29. The summed E-state index contributed by atoms with van der Waals surface area (Å²) in [6.45, 7) is 2.72. The van der Waals surface area contributed by atoms with Gasteiger partial charge in [0, 0.05) is 24.1 Å². The smallest absolute Gasteiger partial charge is 0.0521 e. The van der Waals surface area contributed by atoms with Gasteiger partial charge in [-0.2, -0.15) is 11.8 Å². The number of aliphatic hydroxyl groups excluding tert-OH is 1. The summed E-state index contributed by atoms with van der Waals surface area (Å²) >= 11 is 1.88. The largest absolute Gasteiger partial charge is 0.396 e. The van der Waals surface area contributed by atoms with Crippen LogP contribution in [0.2, 0.25) is 0 Å². The van der Waals surface area contributed by atoms with Crippen molar-refractivity contribution in [2.24, 2.45) is 0 Å². The zero-order valence-corrected chi connectivity index (χ0v) is 6.52. The predicted molar refractivity (Wildman–Crippen MR) is 40.8 cm³/mol. The normalized spacial score (nSPS) is 22.0. The molecule has 0 amide bonds. The van der Waals surface area contributed by atoms with Crippen molar-refractivity contribution in [2.45, 2.75) is 5.25 Å². The fourth-order valence-corrected chi connectivity index (χ4v) is 2.13. The highest BCUT2D eigenvalue weighted by Crippen LogP contribution is 2.19. The summed E-state index contributed by atoms with van der Waals surface area (Å²) in [5, 5.41) is 9.26. The zero-order chi connectivity index (χ0) is 6.69. The molecule has 2 nitrogen and oxygen atoms in total. The van der Waals surface area contributed by atoms with Gasteiger partial charge in [0.05, 0.1) is 6.61 Å². The van der Waals surface area contributed by atoms with Gasteiger partial charge in [-0.3, -0.25) is 0 Å². The van der Waals surface area contributed by atoms with E-state index in [4.69, 9.17) is 5.11 Å². The Bertz CT molecular complexity index is 83.1. The van der Waals surface area contributed by atoms with Crippen molar-refractivity contribution in [3.63, 3.8) is 0 Å². The van der Waals surface area contributed by atoms with Crippen LogP contribution in [0.3, 0.4) is 0 Å². The Hall–Kier alpha value is 0.270. The average Bonchev–Trinajstić information content (AvgIpc) is 1.78. The molecule has 1 saturated heterocycles. The summed E-state index contributed by atoms with van der Waals surface area (Å²) in [5.41, 5.74) is 0. The molecule has 1 aliphatic rings. The Balaban J connectivity index is 1.91. The van der Waals surface area contributed by atoms with Gasteiger partial charge in [-0.05, 0) is 7.05 Å². The van der Waals surface area contributed by atoms with Crippen LogP contribution in [-0.2, 0) is 0 Å². The molecule has 1 N–H and O–H groups in total. The number of rotatable bonds is 3. The average molecular weight is 147 g/mol. The number of nitrogens with zero attached hydrogens (tertiary/aromatic N) is 1. The molecule has 0 aromatic carbocycles. The molecule has 0 unspecified atom stereocenters. The highest BCUT2D eigenvalue weighted by molar-refractivity contribution is 8.00. The standard InChI is InChI=1S/C6H13NOS/c1-7-4-6(5-7)9-3-2-8/h6,8H,2-5H2,1H3. The second-order valence-corrected chi connectivity index (χ2v) is 3.85. The molecule has 9 heavy (non-hydrogen) atoms. The van der Waals surface area contributed by atoms with Crippen LogP contribution in [0.15, 0.2) is 0 Å². The molecule has 54 valence electrons. The van der Waals surface area contributed by atoms with Gasteiger partial charge >= 0.3 is 0 Å². The van der Waals surface area contributed by atoms with Crippen LogP contribution in [0.5, 0.6) is 0 Å². The molecule has 1 aliphatic heterocycles. The van der Waals surface area contributed by atoms with Crippen molar-refractivity contribution in [1.82, 2.24) is 4.90 Å². The molecule has 0 aromatic rings. The van der Waals surface area contributed by atoms with Crippen LogP contribution in [0.1, 0.15) is 0 Å². The molecule has 0 aromatic heterocycles. The van der Waals surface area contributed by atoms with Crippen LogP contribution in [0, 0.1) is 0 Å². The Morgan fingerprint density at radius 1 is 1.67 bits per heavy atom. The highest BCUT2D eigenvalue weighted by atomic mass is 32.2. The lowest BCUT2D eigenvalue weighted by Gasteiger charge is -2.35. The molecule has 1 fully saturated rings. The third-order valence-electron chi connectivity index (χ3n) is 1.48. The van der Waals surface area contributed by atoms with Crippen molar-refractivity contribution in [2.75, 3.05) is 32.5 Å². The minimum absolute atomic E-state index is 0.324. The molecule has 1 rings (SSSR count). The van der Waals surface area contributed by atoms with Crippen LogP contribution in [0.25, 0.3) is 0 Å². The minimum atomic E-state index is 0.324. The van der Waals surface area contributed by atoms with Crippen molar-refractivity contribution in [1.29, 1.82) is 0 Å². The number of aliphatic hydroxyl groups is 1. The maximum absolute atomic E-state index is 8.47. The predicted octanol–water partition coefficient (Wildman–Crippen LogP) is 0.0259. The summed E-state index contributed by atoms with van der Waals surface area (Å²) in [4.78, 5) is 2.29. The van der Waals surface area contributed by atoms with Gasteiger partial charge in [0.1, 0.15) is 0 Å². The van der Waals surface area contributed by atoms with E-state index in [1.165, 1.54) is 13.1 Å². The lowest BCUT2D eigenvalue weighted by molar-refractivity contribution is 0.239. The van der Waals surface area contributed by atoms with Gasteiger partial charge in [-0.25, -0.2) is 0 Å². The molecule has 0 radical (unpaired) electrons. The first-order chi connectivity index (χ1) is 4.33. The lowest BCUT2D eigenvalue weighted by atomic mass is 10.2. The van der Waals surface area contributed by atoms with E-state index < -0.39 is 0 Å². The maximum atomic E-state index is 8.47. The van der Waals surface area contributed by atoms with Gasteiger partial charge in [0.25, 0.3) is 0 Å². The van der Waals surface area contributed by atoms with Crippen LogP contribution in [-0.4, -0.2) is 47.8 Å². The first kappa shape index (κ1) is 7.38. The molecule has 0 atom stereocenters. The molecule has 3 heteroatoms. The van der Waals surface area contributed by atoms with Gasteiger partial charge in [-0.15, -0.1) is 0 Å². The van der Waals surface area contributed by atoms with E-state index in [1.807, 2.05) is 11.8 Å². The topological polar surface area (TPSA) is 23.5 Å². The third kappa shape index (κ3) is 2.16. The summed E-state index contributed by atoms with van der Waals surface area (Å²) in [5.74, 6) is 0.901. The van der Waals surface area contributed by atoms with Gasteiger partial charge < -0.3 is 10.0 Å². The van der Waals surface area contributed by atoms with Crippen molar-refractivity contribution in [3.8, 4) is 0 Å². The third-order valence-corrected chi connectivity index (χ3v) is 2.66. The van der Waals surface area contributed by atoms with E-state index in [9.17, 15) is 0 Å². The van der Waals surface area contributed by atoms with Gasteiger partial charge in [0.2, 0.25) is 0 Å². The number of likely N-dealkylation sites (tertiary alicyclic amines) is 1. The number of hydrogen-bond acceptors (Lipinski definition) is 3. The van der Waals surface area contributed by atoms with E-state index in [0.29, 0.717) is 6.61 Å². The highest BCUT2D eigenvalue weighted by Gasteiger charge is 2.22. The monoisotopic (exact) mass is 147 g/mol. The summed E-state index contributed by atoms with van der Waals surface area (Å²) in [6.07, 6.45) is 0. The summed E-state index contributed by atoms with van der Waals surface area (Å²) in [6, 6.07) is 0. The fraction of sp³-hybridized carbons (Fsp3) is 1.00. The van der Waals surface area contributed by atoms with Crippen LogP contribution in [0.4, 0.5) is 0 Å². The van der Waals surface area contributed by atoms with Gasteiger partial charge in [0.15, 0.2) is 0 Å². The van der Waals surface area contributed by atoms with Crippen molar-refractivity contribution >= 4 is 11.8 Å². The van der Waals surface area contributed by atoms with Crippen LogP contribution >= 0.6 is 11.8 Å². The maximum Gasteiger partial charge on any atom is 0.0521 e. The van der Waals surface area contributed by atoms with Gasteiger partial charge in [-0.1, -0.05) is 0 Å². The SMILES string of the molecule is CN1CC(SCCO)C1. The first-order valence-electron chi connectivity index (χ1n) is 3.24. The molecular formula is C6H13NOS. The molecular weight excluding hydrogens is 134 g/mol. The Morgan fingerprint density at radius 3 is 2.78 bits per heavy atom. The van der Waals surface area contributed by atoms with Crippen molar-refractivity contribution in [3.05, 3.63) is 0 Å². The zero-order valence-electron chi connectivity index (χ0n) is 5.71. The summed E-state index contributed by atoms with van der Waals surface area (Å²) in [7, 11) is 2.12. The molecule has 1 heterocycles. The Morgan fingerprint density at radius 2 is 2.33 bits per heavy atom. The molecule has 0 bridgehead atoms. The second kappa shape index (κ2) is 3.44. The second-order valence-electron chi connectivity index (χ2n) is 2.44.